The van der Waals surface area contributed by atoms with E-state index in [1.165, 1.54) is 18.5 Å². The fraction of sp³-hybridized carbons (Fsp3) is 0.444. The zero-order chi connectivity index (χ0) is 16.4. The van der Waals surface area contributed by atoms with Gasteiger partial charge in [-0.3, -0.25) is 4.79 Å². The highest BCUT2D eigenvalue weighted by atomic mass is 16.1. The maximum Gasteiger partial charge on any atom is 0.228 e. The number of carbonyl (C=O) groups excluding carboxylic acids is 1. The van der Waals surface area contributed by atoms with Crippen molar-refractivity contribution in [3.05, 3.63) is 36.2 Å². The fourth-order valence-electron chi connectivity index (χ4n) is 2.86. The summed E-state index contributed by atoms with van der Waals surface area (Å²) in [6.07, 6.45) is 5.54. The van der Waals surface area contributed by atoms with E-state index in [9.17, 15) is 4.79 Å². The van der Waals surface area contributed by atoms with Gasteiger partial charge in [-0.05, 0) is 50.5 Å². The van der Waals surface area contributed by atoms with Crippen LogP contribution in [-0.4, -0.2) is 21.5 Å². The molecule has 0 saturated carbocycles. The molecule has 0 saturated heterocycles. The molecule has 0 radical (unpaired) electrons. The molecule has 3 rings (SSSR count). The van der Waals surface area contributed by atoms with Gasteiger partial charge in [0.15, 0.2) is 0 Å². The number of carbonyl (C=O) groups is 1. The third-order valence-electron chi connectivity index (χ3n) is 4.62. The number of hydrogen-bond acceptors (Lipinski definition) is 3. The number of aromatic nitrogens is 2. The molecule has 1 aliphatic heterocycles. The fourth-order valence-corrected chi connectivity index (χ4v) is 2.86. The summed E-state index contributed by atoms with van der Waals surface area (Å²) in [7, 11) is 0. The van der Waals surface area contributed by atoms with Crippen molar-refractivity contribution in [3.8, 4) is 11.4 Å². The Hall–Kier alpha value is -2.14. The minimum Gasteiger partial charge on any atom is -0.328 e. The highest BCUT2D eigenvalue weighted by molar-refractivity contribution is 5.92. The molecule has 2 unspecified atom stereocenters. The zero-order valence-corrected chi connectivity index (χ0v) is 13.7. The van der Waals surface area contributed by atoms with Gasteiger partial charge in [-0.1, -0.05) is 6.92 Å². The molecule has 2 atom stereocenters. The van der Waals surface area contributed by atoms with E-state index >= 15 is 0 Å². The number of nitrogens with one attached hydrogen (secondary N) is 1. The van der Waals surface area contributed by atoms with Crippen LogP contribution >= 0.6 is 0 Å². The van der Waals surface area contributed by atoms with Crippen LogP contribution in [0, 0.1) is 5.92 Å². The summed E-state index contributed by atoms with van der Waals surface area (Å²) in [5, 5.41) is 2.91. The molecule has 122 valence electrons. The second kappa shape index (κ2) is 6.54. The van der Waals surface area contributed by atoms with Crippen molar-refractivity contribution in [2.24, 2.45) is 11.7 Å². The first-order chi connectivity index (χ1) is 11.1. The number of fused-ring (bicyclic) bond motifs is 1. The van der Waals surface area contributed by atoms with Crippen molar-refractivity contribution in [1.82, 2.24) is 9.55 Å². The number of aryl methyl sites for hydroxylation is 1. The summed E-state index contributed by atoms with van der Waals surface area (Å²) in [6.45, 7) is 4.72. The standard InChI is InChI=1S/C18H24N4O/c1-12(13(2)19)18(23)21-15-8-6-14(7-9-15)17-20-11-16-5-3-4-10-22(16)17/h6-9,11-13H,3-5,10,19H2,1-2H3,(H,21,23). The quantitative estimate of drug-likeness (QED) is 0.912. The Labute approximate surface area is 136 Å². The predicted octanol–water partition coefficient (Wildman–Crippen LogP) is 2.81. The lowest BCUT2D eigenvalue weighted by Gasteiger charge is -2.17. The second-order valence-electron chi connectivity index (χ2n) is 6.40. The lowest BCUT2D eigenvalue weighted by atomic mass is 10.0. The lowest BCUT2D eigenvalue weighted by molar-refractivity contribution is -0.119. The molecule has 2 heterocycles. The number of benzene rings is 1. The van der Waals surface area contributed by atoms with Crippen molar-refractivity contribution in [1.29, 1.82) is 0 Å². The van der Waals surface area contributed by atoms with Gasteiger partial charge in [-0.15, -0.1) is 0 Å². The molecule has 5 nitrogen and oxygen atoms in total. The average molecular weight is 312 g/mol. The van der Waals surface area contributed by atoms with Gasteiger partial charge < -0.3 is 15.6 Å². The zero-order valence-electron chi connectivity index (χ0n) is 13.7. The van der Waals surface area contributed by atoms with Crippen LogP contribution in [0.2, 0.25) is 0 Å². The summed E-state index contributed by atoms with van der Waals surface area (Å²) in [4.78, 5) is 16.6. The summed E-state index contributed by atoms with van der Waals surface area (Å²) in [6, 6.07) is 7.70. The highest BCUT2D eigenvalue weighted by Crippen LogP contribution is 2.25. The largest absolute Gasteiger partial charge is 0.328 e. The number of nitrogens with two attached hydrogens (primary N) is 1. The smallest absolute Gasteiger partial charge is 0.228 e. The Morgan fingerprint density at radius 1 is 1.26 bits per heavy atom. The Balaban J connectivity index is 1.75. The van der Waals surface area contributed by atoms with E-state index in [2.05, 4.69) is 14.9 Å². The van der Waals surface area contributed by atoms with Crippen LogP contribution in [0.25, 0.3) is 11.4 Å². The Bertz CT molecular complexity index is 688. The molecule has 2 aromatic rings. The van der Waals surface area contributed by atoms with Gasteiger partial charge >= 0.3 is 0 Å². The van der Waals surface area contributed by atoms with Gasteiger partial charge in [-0.25, -0.2) is 4.98 Å². The highest BCUT2D eigenvalue weighted by Gasteiger charge is 2.18. The SMILES string of the molecule is CC(N)C(C)C(=O)Nc1ccc(-c2ncc3n2CCCC3)cc1. The first-order valence-electron chi connectivity index (χ1n) is 8.27. The Kier molecular flexibility index (Phi) is 4.48. The molecular weight excluding hydrogens is 288 g/mol. The van der Waals surface area contributed by atoms with E-state index in [1.807, 2.05) is 44.3 Å². The minimum atomic E-state index is -0.214. The van der Waals surface area contributed by atoms with Crippen LogP contribution in [0.1, 0.15) is 32.4 Å². The summed E-state index contributed by atoms with van der Waals surface area (Å²) in [5.74, 6) is 0.751. The van der Waals surface area contributed by atoms with E-state index in [0.717, 1.165) is 30.0 Å². The van der Waals surface area contributed by atoms with Crippen LogP contribution in [0.3, 0.4) is 0 Å². The number of amides is 1. The monoisotopic (exact) mass is 312 g/mol. The van der Waals surface area contributed by atoms with Crippen molar-refractivity contribution in [3.63, 3.8) is 0 Å². The summed E-state index contributed by atoms with van der Waals surface area (Å²) < 4.78 is 2.30. The summed E-state index contributed by atoms with van der Waals surface area (Å²) in [5.41, 5.74) is 8.95. The average Bonchev–Trinajstić information content (AvgIpc) is 2.98. The third-order valence-corrected chi connectivity index (χ3v) is 4.62. The van der Waals surface area contributed by atoms with Gasteiger partial charge in [0.1, 0.15) is 5.82 Å². The minimum absolute atomic E-state index is 0.0501. The van der Waals surface area contributed by atoms with Crippen molar-refractivity contribution < 1.29 is 4.79 Å². The number of anilines is 1. The first-order valence-corrected chi connectivity index (χ1v) is 8.27. The Morgan fingerprint density at radius 3 is 2.70 bits per heavy atom. The number of imidazole rings is 1. The maximum absolute atomic E-state index is 12.1. The van der Waals surface area contributed by atoms with Gasteiger partial charge in [0.05, 0.1) is 5.92 Å². The van der Waals surface area contributed by atoms with E-state index in [1.54, 1.807) is 0 Å². The van der Waals surface area contributed by atoms with E-state index in [0.29, 0.717) is 0 Å². The normalized spacial score (nSPS) is 16.5. The van der Waals surface area contributed by atoms with Crippen LogP contribution < -0.4 is 11.1 Å². The van der Waals surface area contributed by atoms with E-state index in [-0.39, 0.29) is 17.9 Å². The van der Waals surface area contributed by atoms with Crippen LogP contribution in [0.4, 0.5) is 5.69 Å². The second-order valence-corrected chi connectivity index (χ2v) is 6.40. The molecule has 1 aromatic carbocycles. The van der Waals surface area contributed by atoms with Crippen molar-refractivity contribution in [2.75, 3.05) is 5.32 Å². The molecule has 0 spiro atoms. The number of nitrogens with zero attached hydrogens (tertiary/aromatic N) is 2. The van der Waals surface area contributed by atoms with E-state index in [4.69, 9.17) is 5.73 Å². The lowest BCUT2D eigenvalue weighted by Crippen LogP contribution is -2.34. The molecule has 23 heavy (non-hydrogen) atoms. The molecule has 1 aliphatic rings. The van der Waals surface area contributed by atoms with Gasteiger partial charge in [0.2, 0.25) is 5.91 Å². The third kappa shape index (κ3) is 3.29. The predicted molar refractivity (Wildman–Crippen MR) is 92.0 cm³/mol. The topological polar surface area (TPSA) is 72.9 Å². The molecule has 3 N–H and O–H groups in total. The van der Waals surface area contributed by atoms with Crippen molar-refractivity contribution >= 4 is 11.6 Å². The molecular formula is C18H24N4O. The molecule has 0 aliphatic carbocycles. The van der Waals surface area contributed by atoms with Crippen LogP contribution in [0.15, 0.2) is 30.5 Å². The number of hydrogen-bond donors (Lipinski definition) is 2. The molecule has 5 heteroatoms. The van der Waals surface area contributed by atoms with Crippen LogP contribution in [-0.2, 0) is 17.8 Å². The summed E-state index contributed by atoms with van der Waals surface area (Å²) >= 11 is 0. The molecule has 1 amide bonds. The van der Waals surface area contributed by atoms with Crippen LogP contribution in [0.5, 0.6) is 0 Å². The van der Waals surface area contributed by atoms with Crippen molar-refractivity contribution in [2.45, 2.75) is 45.7 Å². The van der Waals surface area contributed by atoms with Gasteiger partial charge in [0, 0.05) is 35.7 Å². The molecule has 0 fully saturated rings. The van der Waals surface area contributed by atoms with Gasteiger partial charge in [0.25, 0.3) is 0 Å². The molecule has 0 bridgehead atoms. The van der Waals surface area contributed by atoms with E-state index < -0.39 is 0 Å². The van der Waals surface area contributed by atoms with Gasteiger partial charge in [-0.2, -0.15) is 0 Å². The maximum atomic E-state index is 12.1. The Morgan fingerprint density at radius 2 is 2.00 bits per heavy atom. The number of rotatable bonds is 4. The first kappa shape index (κ1) is 15.7. The molecule has 1 aromatic heterocycles.